The number of allylic oxidation sites excluding steroid dienone is 2. The van der Waals surface area contributed by atoms with Crippen molar-refractivity contribution in [3.8, 4) is 5.75 Å². The van der Waals surface area contributed by atoms with Crippen LogP contribution < -0.4 is 4.74 Å². The van der Waals surface area contributed by atoms with E-state index < -0.39 is 0 Å². The molecule has 5 rings (SSSR count). The van der Waals surface area contributed by atoms with Gasteiger partial charge in [0.05, 0.1) is 12.1 Å². The first-order valence-electron chi connectivity index (χ1n) is 13.8. The quantitative estimate of drug-likeness (QED) is 0.353. The van der Waals surface area contributed by atoms with Gasteiger partial charge in [0.2, 0.25) is 0 Å². The Balaban J connectivity index is 1.48. The lowest BCUT2D eigenvalue weighted by Crippen LogP contribution is -2.43. The van der Waals surface area contributed by atoms with Gasteiger partial charge in [-0.25, -0.2) is 0 Å². The highest BCUT2D eigenvalue weighted by molar-refractivity contribution is 8.03. The number of fused-ring (bicyclic) bond motifs is 3. The van der Waals surface area contributed by atoms with Gasteiger partial charge in [0.25, 0.3) is 5.91 Å². The molecule has 1 unspecified atom stereocenters. The highest BCUT2D eigenvalue weighted by atomic mass is 32.2. The minimum absolute atomic E-state index is 0.0388. The van der Waals surface area contributed by atoms with E-state index in [9.17, 15) is 4.79 Å². The van der Waals surface area contributed by atoms with Gasteiger partial charge in [-0.05, 0) is 72.4 Å². The van der Waals surface area contributed by atoms with Gasteiger partial charge in [0.1, 0.15) is 5.75 Å². The van der Waals surface area contributed by atoms with Gasteiger partial charge in [-0.15, -0.1) is 18.3 Å². The fourth-order valence-electron chi connectivity index (χ4n) is 6.56. The lowest BCUT2D eigenvalue weighted by Gasteiger charge is -2.46. The summed E-state index contributed by atoms with van der Waals surface area (Å²) in [7, 11) is 1.70. The second-order valence-electron chi connectivity index (χ2n) is 10.8. The summed E-state index contributed by atoms with van der Waals surface area (Å²) in [6.07, 6.45) is 13.0. The van der Waals surface area contributed by atoms with Crippen molar-refractivity contribution in [1.82, 2.24) is 4.90 Å². The number of ether oxygens (including phenoxy) is 1. The molecule has 2 aromatic carbocycles. The summed E-state index contributed by atoms with van der Waals surface area (Å²) in [4.78, 5) is 16.6. The molecule has 0 radical (unpaired) electrons. The smallest absolute Gasteiger partial charge is 0.255 e. The number of thioether (sulfide) groups is 1. The molecule has 2 aliphatic carbocycles. The second-order valence-corrected chi connectivity index (χ2v) is 11.9. The summed E-state index contributed by atoms with van der Waals surface area (Å²) in [5, 5.41) is 1.08. The molecule has 1 fully saturated rings. The molecule has 194 valence electrons. The molecular weight excluding hydrogens is 474 g/mol. The SMILES string of the molecule is C=CCN1C(=O)C2=C(c3ccccc3CC23CCCCC3)C(C)CC=C1SCCc1ccc(OC)cc1. The molecule has 0 N–H and O–H groups in total. The predicted octanol–water partition coefficient (Wildman–Crippen LogP) is 7.83. The molecule has 1 heterocycles. The van der Waals surface area contributed by atoms with Gasteiger partial charge in [-0.3, -0.25) is 9.69 Å². The zero-order chi connectivity index (χ0) is 25.8. The number of hydrogen-bond donors (Lipinski definition) is 0. The fourth-order valence-corrected chi connectivity index (χ4v) is 7.64. The maximum Gasteiger partial charge on any atom is 0.255 e. The van der Waals surface area contributed by atoms with Gasteiger partial charge in [-0.1, -0.05) is 74.7 Å². The lowest BCUT2D eigenvalue weighted by molar-refractivity contribution is -0.126. The third-order valence-corrected chi connectivity index (χ3v) is 9.51. The number of nitrogens with zero attached hydrogens (tertiary/aromatic N) is 1. The zero-order valence-corrected chi connectivity index (χ0v) is 23.1. The number of carbonyl (C=O) groups is 1. The highest BCUT2D eigenvalue weighted by Gasteiger charge is 2.47. The Morgan fingerprint density at radius 2 is 1.86 bits per heavy atom. The van der Waals surface area contributed by atoms with E-state index in [0.29, 0.717) is 12.5 Å². The third kappa shape index (κ3) is 5.18. The van der Waals surface area contributed by atoms with E-state index in [1.165, 1.54) is 41.5 Å². The summed E-state index contributed by atoms with van der Waals surface area (Å²) >= 11 is 1.80. The number of amides is 1. The van der Waals surface area contributed by atoms with Crippen LogP contribution in [0.1, 0.15) is 62.1 Å². The van der Waals surface area contributed by atoms with Crippen molar-refractivity contribution in [2.75, 3.05) is 19.4 Å². The number of rotatable bonds is 7. The van der Waals surface area contributed by atoms with E-state index in [1.807, 2.05) is 23.1 Å². The predicted molar refractivity (Wildman–Crippen MR) is 156 cm³/mol. The monoisotopic (exact) mass is 513 g/mol. The molecule has 3 nitrogen and oxygen atoms in total. The van der Waals surface area contributed by atoms with Gasteiger partial charge in [0, 0.05) is 23.3 Å². The van der Waals surface area contributed by atoms with Gasteiger partial charge >= 0.3 is 0 Å². The van der Waals surface area contributed by atoms with Crippen molar-refractivity contribution in [2.24, 2.45) is 11.3 Å². The van der Waals surface area contributed by atoms with Crippen LogP contribution >= 0.6 is 11.8 Å². The molecule has 0 saturated heterocycles. The van der Waals surface area contributed by atoms with Crippen molar-refractivity contribution < 1.29 is 9.53 Å². The Labute approximate surface area is 226 Å². The van der Waals surface area contributed by atoms with Crippen LogP contribution in [0.3, 0.4) is 0 Å². The van der Waals surface area contributed by atoms with Crippen LogP contribution in [0, 0.1) is 11.3 Å². The Hall–Kier alpha value is -2.72. The van der Waals surface area contributed by atoms with Gasteiger partial charge in [-0.2, -0.15) is 0 Å². The van der Waals surface area contributed by atoms with E-state index in [-0.39, 0.29) is 11.3 Å². The standard InChI is InChI=1S/C33H39NO2S/c1-4-21-34-29(37-22-18-25-13-15-27(36-3)16-14-25)17-12-24(2)30-28-11-7-6-10-26(28)23-33(31(30)32(34)35)19-8-5-9-20-33/h4,6-7,10-11,13-17,24H,1,5,8-9,12,18-23H2,2-3H3. The molecule has 1 spiro atoms. The molecular formula is C33H39NO2S. The molecule has 0 bridgehead atoms. The maximum absolute atomic E-state index is 14.6. The van der Waals surface area contributed by atoms with Crippen molar-refractivity contribution in [2.45, 2.75) is 58.3 Å². The summed E-state index contributed by atoms with van der Waals surface area (Å²) < 4.78 is 5.30. The van der Waals surface area contributed by atoms with Crippen LogP contribution in [0.4, 0.5) is 0 Å². The van der Waals surface area contributed by atoms with Crippen LogP contribution in [0.25, 0.3) is 5.57 Å². The Bertz CT molecular complexity index is 1200. The first-order chi connectivity index (χ1) is 18.1. The van der Waals surface area contributed by atoms with Crippen LogP contribution in [0.5, 0.6) is 5.75 Å². The van der Waals surface area contributed by atoms with Crippen molar-refractivity contribution in [3.05, 3.63) is 94.6 Å². The summed E-state index contributed by atoms with van der Waals surface area (Å²) in [5.74, 6) is 2.32. The van der Waals surface area contributed by atoms with Crippen LogP contribution in [-0.2, 0) is 17.6 Å². The average molecular weight is 514 g/mol. The van der Waals surface area contributed by atoms with E-state index in [1.54, 1.807) is 18.9 Å². The fraction of sp³-hybridized carbons (Fsp3) is 0.424. The van der Waals surface area contributed by atoms with Gasteiger partial charge < -0.3 is 4.74 Å². The third-order valence-electron chi connectivity index (χ3n) is 8.42. The molecule has 37 heavy (non-hydrogen) atoms. The molecule has 2 aromatic rings. The van der Waals surface area contributed by atoms with Crippen molar-refractivity contribution >= 4 is 23.2 Å². The zero-order valence-electron chi connectivity index (χ0n) is 22.3. The topological polar surface area (TPSA) is 29.5 Å². The van der Waals surface area contributed by atoms with E-state index in [2.05, 4.69) is 56.0 Å². The van der Waals surface area contributed by atoms with Crippen LogP contribution in [0.2, 0.25) is 0 Å². The molecule has 0 aromatic heterocycles. The average Bonchev–Trinajstić information content (AvgIpc) is 2.92. The summed E-state index contributed by atoms with van der Waals surface area (Å²) in [5.41, 5.74) is 6.39. The Morgan fingerprint density at radius 1 is 1.11 bits per heavy atom. The van der Waals surface area contributed by atoms with E-state index in [0.717, 1.165) is 54.2 Å². The number of methoxy groups -OCH3 is 1. The molecule has 1 amide bonds. The summed E-state index contributed by atoms with van der Waals surface area (Å²) in [6.45, 7) is 6.89. The van der Waals surface area contributed by atoms with E-state index >= 15 is 0 Å². The minimum atomic E-state index is -0.0388. The van der Waals surface area contributed by atoms with Crippen molar-refractivity contribution in [3.63, 3.8) is 0 Å². The number of hydrogen-bond acceptors (Lipinski definition) is 3. The van der Waals surface area contributed by atoms with E-state index in [4.69, 9.17) is 4.74 Å². The summed E-state index contributed by atoms with van der Waals surface area (Å²) in [6, 6.07) is 17.1. The highest BCUT2D eigenvalue weighted by Crippen LogP contribution is 2.54. The molecule has 3 aliphatic rings. The largest absolute Gasteiger partial charge is 0.497 e. The van der Waals surface area contributed by atoms with Gasteiger partial charge in [0.15, 0.2) is 0 Å². The number of benzene rings is 2. The molecule has 1 atom stereocenters. The Morgan fingerprint density at radius 3 is 2.59 bits per heavy atom. The second kappa shape index (κ2) is 11.3. The molecule has 1 saturated carbocycles. The van der Waals surface area contributed by atoms with Crippen LogP contribution in [-0.4, -0.2) is 30.2 Å². The lowest BCUT2D eigenvalue weighted by atomic mass is 9.59. The normalized spacial score (nSPS) is 21.0. The van der Waals surface area contributed by atoms with Crippen molar-refractivity contribution in [1.29, 1.82) is 0 Å². The number of carbonyl (C=O) groups excluding carboxylic acids is 1. The maximum atomic E-state index is 14.6. The first-order valence-corrected chi connectivity index (χ1v) is 14.8. The minimum Gasteiger partial charge on any atom is -0.497 e. The molecule has 4 heteroatoms. The first kappa shape index (κ1) is 25.9. The number of aryl methyl sites for hydroxylation is 1. The van der Waals surface area contributed by atoms with Crippen LogP contribution in [0.15, 0.2) is 77.9 Å². The Kier molecular flexibility index (Phi) is 7.95. The molecule has 1 aliphatic heterocycles.